The Morgan fingerprint density at radius 3 is 2.61 bits per heavy atom. The number of benzene rings is 1. The molecule has 118 valence electrons. The molecule has 7 heteroatoms. The van der Waals surface area contributed by atoms with Crippen LogP contribution in [0.3, 0.4) is 0 Å². The maximum Gasteiger partial charge on any atom is 0.226 e. The van der Waals surface area contributed by atoms with E-state index in [1.807, 2.05) is 36.5 Å². The number of aromatic nitrogens is 3. The van der Waals surface area contributed by atoms with Gasteiger partial charge < -0.3 is 9.32 Å². The second-order valence-corrected chi connectivity index (χ2v) is 6.24. The lowest BCUT2D eigenvalue weighted by molar-refractivity contribution is 0.231. The van der Waals surface area contributed by atoms with Gasteiger partial charge in [-0.1, -0.05) is 18.2 Å². The summed E-state index contributed by atoms with van der Waals surface area (Å²) < 4.78 is 9.95. The van der Waals surface area contributed by atoms with Gasteiger partial charge in [0.15, 0.2) is 0 Å². The lowest BCUT2D eigenvalue weighted by atomic mass is 10.2. The first-order chi connectivity index (χ1) is 11.4. The summed E-state index contributed by atoms with van der Waals surface area (Å²) >= 11 is 1.45. The second-order valence-electron chi connectivity index (χ2n) is 5.48. The molecular weight excluding hydrogens is 310 g/mol. The molecule has 1 aliphatic rings. The maximum absolute atomic E-state index is 5.88. The zero-order valence-corrected chi connectivity index (χ0v) is 13.4. The Labute approximate surface area is 138 Å². The SMILES string of the molecule is c1ccc(-c2ncc(CN3CCN(c4ncns4)CC3)o2)cc1. The number of hydrogen-bond donors (Lipinski definition) is 0. The van der Waals surface area contributed by atoms with Crippen molar-refractivity contribution in [3.63, 3.8) is 0 Å². The molecule has 0 N–H and O–H groups in total. The topological polar surface area (TPSA) is 58.3 Å². The van der Waals surface area contributed by atoms with Crippen molar-refractivity contribution < 1.29 is 4.42 Å². The summed E-state index contributed by atoms with van der Waals surface area (Å²) in [4.78, 5) is 13.3. The van der Waals surface area contributed by atoms with E-state index >= 15 is 0 Å². The van der Waals surface area contributed by atoms with Gasteiger partial charge in [-0.15, -0.1) is 0 Å². The van der Waals surface area contributed by atoms with E-state index in [0.29, 0.717) is 5.89 Å². The molecule has 0 unspecified atom stereocenters. The molecule has 1 aliphatic heterocycles. The van der Waals surface area contributed by atoms with Gasteiger partial charge in [-0.2, -0.15) is 4.37 Å². The molecule has 0 bridgehead atoms. The quantitative estimate of drug-likeness (QED) is 0.734. The first-order valence-corrected chi connectivity index (χ1v) is 8.40. The van der Waals surface area contributed by atoms with Crippen LogP contribution in [0.25, 0.3) is 11.5 Å². The van der Waals surface area contributed by atoms with Crippen molar-refractivity contribution in [1.82, 2.24) is 19.2 Å². The number of hydrogen-bond acceptors (Lipinski definition) is 7. The predicted octanol–water partition coefficient (Wildman–Crippen LogP) is 2.52. The van der Waals surface area contributed by atoms with Crippen LogP contribution in [0, 0.1) is 0 Å². The molecule has 0 saturated carbocycles. The fraction of sp³-hybridized carbons (Fsp3) is 0.312. The summed E-state index contributed by atoms with van der Waals surface area (Å²) in [7, 11) is 0. The highest BCUT2D eigenvalue weighted by Gasteiger charge is 2.20. The van der Waals surface area contributed by atoms with Crippen LogP contribution in [0.15, 0.2) is 47.3 Å². The standard InChI is InChI=1S/C16H17N5OS/c1-2-4-13(5-3-1)15-17-10-14(22-15)11-20-6-8-21(9-7-20)16-18-12-19-23-16/h1-5,10,12H,6-9,11H2. The van der Waals surface area contributed by atoms with Crippen molar-refractivity contribution in [3.8, 4) is 11.5 Å². The van der Waals surface area contributed by atoms with Crippen molar-refractivity contribution in [3.05, 3.63) is 48.6 Å². The largest absolute Gasteiger partial charge is 0.440 e. The van der Waals surface area contributed by atoms with Gasteiger partial charge in [0, 0.05) is 43.3 Å². The maximum atomic E-state index is 5.88. The van der Waals surface area contributed by atoms with E-state index in [-0.39, 0.29) is 0 Å². The van der Waals surface area contributed by atoms with E-state index < -0.39 is 0 Å². The average molecular weight is 327 g/mol. The smallest absolute Gasteiger partial charge is 0.226 e. The van der Waals surface area contributed by atoms with Gasteiger partial charge in [0.05, 0.1) is 12.7 Å². The highest BCUT2D eigenvalue weighted by atomic mass is 32.1. The van der Waals surface area contributed by atoms with Crippen molar-refractivity contribution in [1.29, 1.82) is 0 Å². The molecule has 1 fully saturated rings. The van der Waals surface area contributed by atoms with E-state index in [1.54, 1.807) is 6.33 Å². The van der Waals surface area contributed by atoms with E-state index in [0.717, 1.165) is 49.2 Å². The van der Waals surface area contributed by atoms with Crippen LogP contribution >= 0.6 is 11.5 Å². The number of oxazole rings is 1. The molecular formula is C16H17N5OS. The Morgan fingerprint density at radius 1 is 1.04 bits per heavy atom. The van der Waals surface area contributed by atoms with Crippen molar-refractivity contribution >= 4 is 16.7 Å². The van der Waals surface area contributed by atoms with Crippen molar-refractivity contribution in [2.45, 2.75) is 6.54 Å². The molecule has 0 atom stereocenters. The van der Waals surface area contributed by atoms with Gasteiger partial charge in [-0.05, 0) is 12.1 Å². The van der Waals surface area contributed by atoms with Gasteiger partial charge in [0.1, 0.15) is 12.1 Å². The monoisotopic (exact) mass is 327 g/mol. The lowest BCUT2D eigenvalue weighted by Gasteiger charge is -2.33. The molecule has 0 aliphatic carbocycles. The minimum atomic E-state index is 0.688. The summed E-state index contributed by atoms with van der Waals surface area (Å²) in [5.74, 6) is 1.60. The minimum Gasteiger partial charge on any atom is -0.440 e. The Hall–Kier alpha value is -2.25. The molecule has 3 aromatic rings. The molecule has 6 nitrogen and oxygen atoms in total. The number of piperazine rings is 1. The first-order valence-electron chi connectivity index (χ1n) is 7.62. The van der Waals surface area contributed by atoms with Crippen LogP contribution in [0.4, 0.5) is 5.13 Å². The highest BCUT2D eigenvalue weighted by Crippen LogP contribution is 2.21. The van der Waals surface area contributed by atoms with Crippen molar-refractivity contribution in [2.24, 2.45) is 0 Å². The average Bonchev–Trinajstić information content (AvgIpc) is 3.28. The lowest BCUT2D eigenvalue weighted by Crippen LogP contribution is -2.45. The van der Waals surface area contributed by atoms with Gasteiger partial charge in [-0.3, -0.25) is 4.90 Å². The molecule has 3 heterocycles. The molecule has 1 aromatic carbocycles. The van der Waals surface area contributed by atoms with Crippen LogP contribution in [-0.4, -0.2) is 45.4 Å². The van der Waals surface area contributed by atoms with Crippen LogP contribution in [0.5, 0.6) is 0 Å². The summed E-state index contributed by atoms with van der Waals surface area (Å²) in [5.41, 5.74) is 1.01. The molecule has 23 heavy (non-hydrogen) atoms. The van der Waals surface area contributed by atoms with E-state index in [1.165, 1.54) is 11.5 Å². The van der Waals surface area contributed by atoms with E-state index in [4.69, 9.17) is 4.42 Å². The number of nitrogens with zero attached hydrogens (tertiary/aromatic N) is 5. The normalized spacial score (nSPS) is 15.9. The van der Waals surface area contributed by atoms with Crippen LogP contribution in [0.2, 0.25) is 0 Å². The Balaban J connectivity index is 1.36. The fourth-order valence-electron chi connectivity index (χ4n) is 2.72. The Bertz CT molecular complexity index is 735. The predicted molar refractivity (Wildman–Crippen MR) is 89.3 cm³/mol. The van der Waals surface area contributed by atoms with Crippen molar-refractivity contribution in [2.75, 3.05) is 31.1 Å². The van der Waals surface area contributed by atoms with E-state index in [9.17, 15) is 0 Å². The Morgan fingerprint density at radius 2 is 1.87 bits per heavy atom. The number of rotatable bonds is 4. The second kappa shape index (κ2) is 6.47. The van der Waals surface area contributed by atoms with Gasteiger partial charge >= 0.3 is 0 Å². The third-order valence-electron chi connectivity index (χ3n) is 3.95. The van der Waals surface area contributed by atoms with E-state index in [2.05, 4.69) is 24.1 Å². The minimum absolute atomic E-state index is 0.688. The van der Waals surface area contributed by atoms with Gasteiger partial charge in [-0.25, -0.2) is 9.97 Å². The number of anilines is 1. The summed E-state index contributed by atoms with van der Waals surface area (Å²) in [6.07, 6.45) is 3.45. The third kappa shape index (κ3) is 3.25. The molecule has 1 saturated heterocycles. The van der Waals surface area contributed by atoms with Crippen LogP contribution in [-0.2, 0) is 6.54 Å². The molecule has 0 radical (unpaired) electrons. The summed E-state index contributed by atoms with van der Waals surface area (Å²) in [6, 6.07) is 10.00. The summed E-state index contributed by atoms with van der Waals surface area (Å²) in [6.45, 7) is 4.70. The van der Waals surface area contributed by atoms with Gasteiger partial charge in [0.25, 0.3) is 0 Å². The summed E-state index contributed by atoms with van der Waals surface area (Å²) in [5, 5.41) is 1.01. The van der Waals surface area contributed by atoms with Gasteiger partial charge in [0.2, 0.25) is 11.0 Å². The van der Waals surface area contributed by atoms with Crippen LogP contribution < -0.4 is 4.90 Å². The molecule has 4 rings (SSSR count). The Kier molecular flexibility index (Phi) is 4.04. The zero-order valence-electron chi connectivity index (χ0n) is 12.6. The highest BCUT2D eigenvalue weighted by molar-refractivity contribution is 7.09. The zero-order chi connectivity index (χ0) is 15.5. The molecule has 0 amide bonds. The van der Waals surface area contributed by atoms with Crippen LogP contribution in [0.1, 0.15) is 5.76 Å². The first kappa shape index (κ1) is 14.3. The molecule has 2 aromatic heterocycles. The third-order valence-corrected chi connectivity index (χ3v) is 4.67. The molecule has 0 spiro atoms. The fourth-order valence-corrected chi connectivity index (χ4v) is 3.30.